The van der Waals surface area contributed by atoms with Gasteiger partial charge in [0.15, 0.2) is 0 Å². The van der Waals surface area contributed by atoms with Crippen LogP contribution in [0, 0.1) is 6.92 Å². The number of hydrogen-bond acceptors (Lipinski definition) is 3. The van der Waals surface area contributed by atoms with Gasteiger partial charge in [-0.05, 0) is 44.9 Å². The largest absolute Gasteiger partial charge is 0.369 e. The molecule has 2 fully saturated rings. The van der Waals surface area contributed by atoms with Gasteiger partial charge in [0.25, 0.3) is 0 Å². The summed E-state index contributed by atoms with van der Waals surface area (Å²) in [5.74, 6) is 0. The Morgan fingerprint density at radius 2 is 1.90 bits per heavy atom. The zero-order valence-corrected chi connectivity index (χ0v) is 13.0. The van der Waals surface area contributed by atoms with E-state index in [0.29, 0.717) is 5.54 Å². The first-order valence-corrected chi connectivity index (χ1v) is 7.84. The molecule has 0 bridgehead atoms. The zero-order valence-electron chi connectivity index (χ0n) is 13.0. The molecule has 2 aliphatic heterocycles. The maximum Gasteiger partial charge on any atom is 0.0369 e. The lowest BCUT2D eigenvalue weighted by atomic mass is 10.0. The third-order valence-electron chi connectivity index (χ3n) is 4.76. The summed E-state index contributed by atoms with van der Waals surface area (Å²) in [7, 11) is 0. The van der Waals surface area contributed by atoms with E-state index in [0.717, 1.165) is 25.7 Å². The lowest BCUT2D eigenvalue weighted by molar-refractivity contribution is 0.191. The highest BCUT2D eigenvalue weighted by Crippen LogP contribution is 2.24. The molecule has 1 aromatic rings. The Labute approximate surface area is 123 Å². The van der Waals surface area contributed by atoms with Gasteiger partial charge in [-0.2, -0.15) is 0 Å². The van der Waals surface area contributed by atoms with Crippen molar-refractivity contribution in [3.05, 3.63) is 29.8 Å². The van der Waals surface area contributed by atoms with E-state index in [9.17, 15) is 0 Å². The van der Waals surface area contributed by atoms with E-state index in [1.807, 2.05) is 0 Å². The summed E-state index contributed by atoms with van der Waals surface area (Å²) >= 11 is 0. The van der Waals surface area contributed by atoms with E-state index < -0.39 is 0 Å². The minimum absolute atomic E-state index is 0.318. The van der Waals surface area contributed by atoms with Crippen LogP contribution in [0.3, 0.4) is 0 Å². The van der Waals surface area contributed by atoms with Crippen molar-refractivity contribution < 1.29 is 0 Å². The van der Waals surface area contributed by atoms with Gasteiger partial charge in [0.05, 0.1) is 0 Å². The van der Waals surface area contributed by atoms with E-state index in [-0.39, 0.29) is 0 Å². The summed E-state index contributed by atoms with van der Waals surface area (Å²) in [4.78, 5) is 5.20. The molecular formula is C17H27N3. The second kappa shape index (κ2) is 5.38. The molecule has 1 atom stereocenters. The molecule has 0 radical (unpaired) electrons. The third kappa shape index (κ3) is 2.99. The van der Waals surface area contributed by atoms with Gasteiger partial charge < -0.3 is 10.2 Å². The molecule has 20 heavy (non-hydrogen) atoms. The molecule has 1 N–H and O–H groups in total. The van der Waals surface area contributed by atoms with Crippen LogP contribution in [0.5, 0.6) is 0 Å². The fraction of sp³-hybridized carbons (Fsp3) is 0.647. The van der Waals surface area contributed by atoms with Gasteiger partial charge in [0, 0.05) is 50.0 Å². The molecule has 3 heteroatoms. The molecule has 2 aliphatic rings. The highest BCUT2D eigenvalue weighted by atomic mass is 15.3. The predicted molar refractivity (Wildman–Crippen MR) is 85.5 cm³/mol. The van der Waals surface area contributed by atoms with Gasteiger partial charge in [-0.1, -0.05) is 12.1 Å². The van der Waals surface area contributed by atoms with Gasteiger partial charge >= 0.3 is 0 Å². The SMILES string of the molecule is Cc1cccc(N2CCN(C3CNC(C)(C)C3)CC2)c1. The number of nitrogens with zero attached hydrogens (tertiary/aromatic N) is 2. The van der Waals surface area contributed by atoms with Crippen LogP contribution in [0.1, 0.15) is 25.8 Å². The maximum atomic E-state index is 3.64. The summed E-state index contributed by atoms with van der Waals surface area (Å²) < 4.78 is 0. The molecule has 1 aromatic carbocycles. The Kier molecular flexibility index (Phi) is 3.74. The van der Waals surface area contributed by atoms with Crippen LogP contribution in [-0.4, -0.2) is 49.2 Å². The molecule has 0 aromatic heterocycles. The number of benzene rings is 1. The van der Waals surface area contributed by atoms with Gasteiger partial charge in [0.2, 0.25) is 0 Å². The number of nitrogens with one attached hydrogen (secondary N) is 1. The molecule has 110 valence electrons. The van der Waals surface area contributed by atoms with Crippen LogP contribution in [0.25, 0.3) is 0 Å². The summed E-state index contributed by atoms with van der Waals surface area (Å²) in [6.45, 7) is 12.6. The molecule has 2 saturated heterocycles. The Morgan fingerprint density at radius 3 is 2.50 bits per heavy atom. The van der Waals surface area contributed by atoms with Crippen molar-refractivity contribution in [3.63, 3.8) is 0 Å². The topological polar surface area (TPSA) is 18.5 Å². The monoisotopic (exact) mass is 273 g/mol. The van der Waals surface area contributed by atoms with Crippen molar-refractivity contribution in [2.75, 3.05) is 37.6 Å². The van der Waals surface area contributed by atoms with E-state index in [4.69, 9.17) is 0 Å². The average Bonchev–Trinajstić information content (AvgIpc) is 2.79. The van der Waals surface area contributed by atoms with Crippen molar-refractivity contribution in [2.45, 2.75) is 38.8 Å². The highest BCUT2D eigenvalue weighted by Gasteiger charge is 2.34. The number of hydrogen-bond donors (Lipinski definition) is 1. The molecule has 3 nitrogen and oxygen atoms in total. The number of piperazine rings is 1. The van der Waals surface area contributed by atoms with Crippen LogP contribution in [0.2, 0.25) is 0 Å². The average molecular weight is 273 g/mol. The quantitative estimate of drug-likeness (QED) is 0.891. The smallest absolute Gasteiger partial charge is 0.0369 e. The van der Waals surface area contributed by atoms with E-state index >= 15 is 0 Å². The zero-order chi connectivity index (χ0) is 14.2. The first-order valence-electron chi connectivity index (χ1n) is 7.84. The molecule has 1 unspecified atom stereocenters. The minimum Gasteiger partial charge on any atom is -0.369 e. The van der Waals surface area contributed by atoms with Gasteiger partial charge in [0.1, 0.15) is 0 Å². The summed E-state index contributed by atoms with van der Waals surface area (Å²) in [6.07, 6.45) is 1.28. The lowest BCUT2D eigenvalue weighted by Crippen LogP contribution is -2.51. The van der Waals surface area contributed by atoms with Crippen LogP contribution >= 0.6 is 0 Å². The molecule has 0 spiro atoms. The summed E-state index contributed by atoms with van der Waals surface area (Å²) in [5.41, 5.74) is 3.06. The molecule has 0 saturated carbocycles. The first kappa shape index (κ1) is 13.9. The lowest BCUT2D eigenvalue weighted by Gasteiger charge is -2.39. The molecule has 3 rings (SSSR count). The van der Waals surface area contributed by atoms with Crippen LogP contribution in [0.4, 0.5) is 5.69 Å². The van der Waals surface area contributed by atoms with Crippen molar-refractivity contribution in [3.8, 4) is 0 Å². The van der Waals surface area contributed by atoms with Crippen molar-refractivity contribution in [1.82, 2.24) is 10.2 Å². The number of rotatable bonds is 2. The molecule has 0 amide bonds. The van der Waals surface area contributed by atoms with E-state index in [1.165, 1.54) is 30.8 Å². The Morgan fingerprint density at radius 1 is 1.15 bits per heavy atom. The Bertz CT molecular complexity index is 461. The van der Waals surface area contributed by atoms with Crippen molar-refractivity contribution in [1.29, 1.82) is 0 Å². The normalized spacial score (nSPS) is 26.9. The summed E-state index contributed by atoms with van der Waals surface area (Å²) in [6, 6.07) is 9.61. The predicted octanol–water partition coefficient (Wildman–Crippen LogP) is 2.26. The maximum absolute atomic E-state index is 3.64. The molecule has 2 heterocycles. The van der Waals surface area contributed by atoms with Crippen molar-refractivity contribution >= 4 is 5.69 Å². The van der Waals surface area contributed by atoms with Crippen LogP contribution in [-0.2, 0) is 0 Å². The fourth-order valence-corrected chi connectivity index (χ4v) is 3.56. The number of anilines is 1. The summed E-state index contributed by atoms with van der Waals surface area (Å²) in [5, 5.41) is 3.64. The third-order valence-corrected chi connectivity index (χ3v) is 4.76. The standard InChI is InChI=1S/C17H27N3/c1-14-5-4-6-15(11-14)19-7-9-20(10-8-19)16-12-17(2,3)18-13-16/h4-6,11,16,18H,7-10,12-13H2,1-3H3. The Balaban J connectivity index is 1.57. The van der Waals surface area contributed by atoms with Crippen LogP contribution < -0.4 is 10.2 Å². The fourth-order valence-electron chi connectivity index (χ4n) is 3.56. The molecule has 0 aliphatic carbocycles. The van der Waals surface area contributed by atoms with Crippen molar-refractivity contribution in [2.24, 2.45) is 0 Å². The highest BCUT2D eigenvalue weighted by molar-refractivity contribution is 5.48. The van der Waals surface area contributed by atoms with E-state index in [1.54, 1.807) is 0 Å². The van der Waals surface area contributed by atoms with E-state index in [2.05, 4.69) is 60.2 Å². The second-order valence-corrected chi connectivity index (χ2v) is 6.98. The Hall–Kier alpha value is -1.06. The van der Waals surface area contributed by atoms with Gasteiger partial charge in [-0.15, -0.1) is 0 Å². The van der Waals surface area contributed by atoms with Gasteiger partial charge in [-0.25, -0.2) is 0 Å². The second-order valence-electron chi connectivity index (χ2n) is 6.98. The van der Waals surface area contributed by atoms with Gasteiger partial charge in [-0.3, -0.25) is 4.90 Å². The minimum atomic E-state index is 0.318. The number of aryl methyl sites for hydroxylation is 1. The van der Waals surface area contributed by atoms with Crippen LogP contribution in [0.15, 0.2) is 24.3 Å². The first-order chi connectivity index (χ1) is 9.53. The molecular weight excluding hydrogens is 246 g/mol.